The minimum Gasteiger partial charge on any atom is -0.455 e. The Bertz CT molecular complexity index is 4370. The number of benzene rings is 11. The topological polar surface area (TPSA) is 38.9 Å². The standard InChI is InChI=1S/C70H42N2O/c1-2-18-44(19-3-1)63-42-64(72-68(71-63)49-34-33-43-17-4-5-20-45(43)40-49)48-22-16-21-46(39-48)47-35-37-57-54(41-47)66-62(38-36-53-52-25-8-15-32-65(52)73-67(53)66)70(57)60-30-13-11-28-58(60)69(59-29-12-14-31-61(59)70)55-26-9-6-23-50(55)51-24-7-10-27-56(51)69/h1-42H. The Hall–Kier alpha value is -9.44. The molecule has 11 aromatic carbocycles. The number of fused-ring (bicyclic) bond motifs is 21. The Labute approximate surface area is 422 Å². The van der Waals surface area contributed by atoms with Gasteiger partial charge in [0.15, 0.2) is 5.82 Å². The fraction of sp³-hybridized carbons (Fsp3) is 0.0286. The molecule has 3 aliphatic rings. The van der Waals surface area contributed by atoms with Gasteiger partial charge in [-0.2, -0.15) is 0 Å². The van der Waals surface area contributed by atoms with Gasteiger partial charge in [0, 0.05) is 33.0 Å². The summed E-state index contributed by atoms with van der Waals surface area (Å²) in [6.45, 7) is 0. The van der Waals surface area contributed by atoms with Gasteiger partial charge in [0.1, 0.15) is 11.2 Å². The average molecular weight is 927 g/mol. The van der Waals surface area contributed by atoms with Crippen LogP contribution in [-0.4, -0.2) is 9.97 Å². The van der Waals surface area contributed by atoms with Crippen molar-refractivity contribution < 1.29 is 4.42 Å². The SMILES string of the molecule is c1ccc(-c2cc(-c3cccc(-c4ccc5c(c4)-c4c(ccc6c4oc4ccccc46)C54c5ccccc5C5(c6ccccc6-c6ccccc65)c5ccccc54)c3)nc(-c3ccc4ccccc4c3)n2)cc1. The molecule has 0 fully saturated rings. The highest BCUT2D eigenvalue weighted by Crippen LogP contribution is 2.68. The highest BCUT2D eigenvalue weighted by molar-refractivity contribution is 6.13. The third-order valence-electron chi connectivity index (χ3n) is 16.4. The fourth-order valence-corrected chi connectivity index (χ4v) is 13.4. The molecule has 16 rings (SSSR count). The normalized spacial score (nSPS) is 14.0. The highest BCUT2D eigenvalue weighted by Gasteiger charge is 2.59. The van der Waals surface area contributed by atoms with Crippen LogP contribution in [-0.2, 0) is 10.8 Å². The molecular weight excluding hydrogens is 885 g/mol. The summed E-state index contributed by atoms with van der Waals surface area (Å²) in [6.07, 6.45) is 0. The van der Waals surface area contributed by atoms with Crippen LogP contribution >= 0.6 is 0 Å². The summed E-state index contributed by atoms with van der Waals surface area (Å²) in [5.41, 5.74) is 23.0. The lowest BCUT2D eigenvalue weighted by Crippen LogP contribution is -2.43. The predicted octanol–water partition coefficient (Wildman–Crippen LogP) is 17.2. The summed E-state index contributed by atoms with van der Waals surface area (Å²) in [4.78, 5) is 10.5. The maximum absolute atomic E-state index is 7.08. The van der Waals surface area contributed by atoms with Crippen LogP contribution < -0.4 is 0 Å². The van der Waals surface area contributed by atoms with Crippen LogP contribution in [0.3, 0.4) is 0 Å². The van der Waals surface area contributed by atoms with Crippen molar-refractivity contribution in [3.63, 3.8) is 0 Å². The zero-order valence-corrected chi connectivity index (χ0v) is 39.6. The smallest absolute Gasteiger partial charge is 0.160 e. The van der Waals surface area contributed by atoms with Crippen LogP contribution in [0, 0.1) is 0 Å². The molecule has 0 amide bonds. The molecule has 2 spiro atoms. The second kappa shape index (κ2) is 15.0. The van der Waals surface area contributed by atoms with E-state index in [9.17, 15) is 0 Å². The van der Waals surface area contributed by atoms with Gasteiger partial charge in [0.25, 0.3) is 0 Å². The number of para-hydroxylation sites is 1. The van der Waals surface area contributed by atoms with Crippen LogP contribution in [0.5, 0.6) is 0 Å². The van der Waals surface area contributed by atoms with Gasteiger partial charge >= 0.3 is 0 Å². The summed E-state index contributed by atoms with van der Waals surface area (Å²) in [5, 5.41) is 4.59. The molecule has 0 bridgehead atoms. The summed E-state index contributed by atoms with van der Waals surface area (Å²) in [6, 6.07) is 93.5. The molecule has 0 saturated heterocycles. The van der Waals surface area contributed by atoms with Crippen molar-refractivity contribution in [3.05, 3.63) is 299 Å². The lowest BCUT2D eigenvalue weighted by Gasteiger charge is -2.48. The lowest BCUT2D eigenvalue weighted by atomic mass is 9.52. The van der Waals surface area contributed by atoms with Gasteiger partial charge in [-0.05, 0) is 113 Å². The Morgan fingerprint density at radius 1 is 0.288 bits per heavy atom. The Morgan fingerprint density at radius 2 is 0.808 bits per heavy atom. The Morgan fingerprint density at radius 3 is 1.53 bits per heavy atom. The van der Waals surface area contributed by atoms with Crippen LogP contribution in [0.4, 0.5) is 0 Å². The minimum absolute atomic E-state index is 0.520. The second-order valence-electron chi connectivity index (χ2n) is 19.9. The van der Waals surface area contributed by atoms with Gasteiger partial charge in [0.05, 0.1) is 22.2 Å². The average Bonchev–Trinajstić information content (AvgIpc) is 4.10. The van der Waals surface area contributed by atoms with E-state index in [-0.39, 0.29) is 0 Å². The van der Waals surface area contributed by atoms with Gasteiger partial charge in [-0.1, -0.05) is 224 Å². The molecule has 2 heterocycles. The van der Waals surface area contributed by atoms with Crippen molar-refractivity contribution >= 4 is 32.7 Å². The van der Waals surface area contributed by atoms with Crippen molar-refractivity contribution in [2.45, 2.75) is 10.8 Å². The first kappa shape index (κ1) is 40.3. The van der Waals surface area contributed by atoms with Crippen LogP contribution in [0.1, 0.15) is 44.5 Å². The van der Waals surface area contributed by atoms with Crippen molar-refractivity contribution in [1.29, 1.82) is 0 Å². The first-order chi connectivity index (χ1) is 36.2. The first-order valence-corrected chi connectivity index (χ1v) is 25.2. The van der Waals surface area contributed by atoms with Gasteiger partial charge in [0.2, 0.25) is 0 Å². The summed E-state index contributed by atoms with van der Waals surface area (Å²) in [5.74, 6) is 0.696. The van der Waals surface area contributed by atoms with Crippen molar-refractivity contribution in [2.24, 2.45) is 0 Å². The van der Waals surface area contributed by atoms with Crippen molar-refractivity contribution in [2.75, 3.05) is 0 Å². The number of furan rings is 1. The molecule has 0 unspecified atom stereocenters. The highest BCUT2D eigenvalue weighted by atomic mass is 16.3. The Balaban J connectivity index is 0.931. The molecule has 0 aliphatic heterocycles. The number of nitrogens with zero attached hydrogens (tertiary/aromatic N) is 2. The first-order valence-electron chi connectivity index (χ1n) is 25.2. The van der Waals surface area contributed by atoms with E-state index in [1.165, 1.54) is 66.6 Å². The van der Waals surface area contributed by atoms with E-state index in [1.54, 1.807) is 0 Å². The molecule has 0 N–H and O–H groups in total. The third-order valence-corrected chi connectivity index (χ3v) is 16.4. The van der Waals surface area contributed by atoms with Gasteiger partial charge in [-0.15, -0.1) is 0 Å². The molecule has 13 aromatic rings. The molecule has 3 aliphatic carbocycles. The molecule has 338 valence electrons. The van der Waals surface area contributed by atoms with Gasteiger partial charge in [-0.3, -0.25) is 0 Å². The largest absolute Gasteiger partial charge is 0.455 e. The zero-order valence-electron chi connectivity index (χ0n) is 39.6. The van der Waals surface area contributed by atoms with Crippen LogP contribution in [0.25, 0.3) is 100.0 Å². The van der Waals surface area contributed by atoms with Crippen LogP contribution in [0.2, 0.25) is 0 Å². The maximum Gasteiger partial charge on any atom is 0.160 e. The van der Waals surface area contributed by atoms with Crippen LogP contribution in [0.15, 0.2) is 259 Å². The molecular formula is C70H42N2O. The molecule has 2 aromatic heterocycles. The van der Waals surface area contributed by atoms with Gasteiger partial charge < -0.3 is 4.42 Å². The predicted molar refractivity (Wildman–Crippen MR) is 297 cm³/mol. The maximum atomic E-state index is 7.08. The zero-order chi connectivity index (χ0) is 47.8. The van der Waals surface area contributed by atoms with E-state index in [2.05, 4.69) is 249 Å². The Kier molecular flexibility index (Phi) is 8.30. The molecule has 0 atom stereocenters. The third kappa shape index (κ3) is 5.43. The molecule has 0 saturated carbocycles. The van der Waals surface area contributed by atoms with E-state index in [4.69, 9.17) is 14.4 Å². The molecule has 0 radical (unpaired) electrons. The van der Waals surface area contributed by atoms with Crippen molar-refractivity contribution in [3.8, 4) is 67.3 Å². The van der Waals surface area contributed by atoms with E-state index >= 15 is 0 Å². The quantitative estimate of drug-likeness (QED) is 0.177. The van der Waals surface area contributed by atoms with E-state index in [0.29, 0.717) is 5.82 Å². The number of rotatable bonds is 4. The number of aromatic nitrogens is 2. The summed E-state index contributed by atoms with van der Waals surface area (Å²) < 4.78 is 7.08. The molecule has 3 heteroatoms. The second-order valence-corrected chi connectivity index (χ2v) is 19.9. The summed E-state index contributed by atoms with van der Waals surface area (Å²) in [7, 11) is 0. The van der Waals surface area contributed by atoms with E-state index in [1.807, 2.05) is 6.07 Å². The number of hydrogen-bond acceptors (Lipinski definition) is 3. The minimum atomic E-state index is -0.656. The van der Waals surface area contributed by atoms with E-state index < -0.39 is 10.8 Å². The van der Waals surface area contributed by atoms with Crippen molar-refractivity contribution in [1.82, 2.24) is 9.97 Å². The fourth-order valence-electron chi connectivity index (χ4n) is 13.4. The molecule has 73 heavy (non-hydrogen) atoms. The number of hydrogen-bond donors (Lipinski definition) is 0. The van der Waals surface area contributed by atoms with E-state index in [0.717, 1.165) is 72.1 Å². The summed E-state index contributed by atoms with van der Waals surface area (Å²) >= 11 is 0. The monoisotopic (exact) mass is 926 g/mol. The lowest BCUT2D eigenvalue weighted by molar-refractivity contribution is 0.631. The molecule has 3 nitrogen and oxygen atoms in total. The van der Waals surface area contributed by atoms with Gasteiger partial charge in [-0.25, -0.2) is 9.97 Å².